The van der Waals surface area contributed by atoms with Crippen LogP contribution in [0.2, 0.25) is 0 Å². The van der Waals surface area contributed by atoms with E-state index in [1.807, 2.05) is 13.8 Å². The molecule has 0 saturated carbocycles. The van der Waals surface area contributed by atoms with E-state index in [2.05, 4.69) is 9.72 Å². The fraction of sp³-hybridized carbons (Fsp3) is 0.500. The van der Waals surface area contributed by atoms with Crippen LogP contribution in [0.5, 0.6) is 0 Å². The lowest BCUT2D eigenvalue weighted by Gasteiger charge is -2.15. The van der Waals surface area contributed by atoms with Gasteiger partial charge in [0, 0.05) is 24.6 Å². The van der Waals surface area contributed by atoms with Crippen molar-refractivity contribution in [3.63, 3.8) is 0 Å². The number of aromatic nitrogens is 1. The van der Waals surface area contributed by atoms with E-state index in [9.17, 15) is 8.78 Å². The highest BCUT2D eigenvalue weighted by Crippen LogP contribution is 2.27. The van der Waals surface area contributed by atoms with Crippen LogP contribution in [0.3, 0.4) is 0 Å². The lowest BCUT2D eigenvalue weighted by Crippen LogP contribution is -2.20. The second-order valence-electron chi connectivity index (χ2n) is 4.06. The van der Waals surface area contributed by atoms with E-state index in [4.69, 9.17) is 0 Å². The molecule has 0 N–H and O–H groups in total. The van der Waals surface area contributed by atoms with E-state index in [0.29, 0.717) is 0 Å². The molecule has 1 heterocycles. The quantitative estimate of drug-likeness (QED) is 0.773. The number of hydrogen-bond donors (Lipinski definition) is 0. The number of alkyl halides is 2. The summed E-state index contributed by atoms with van der Waals surface area (Å²) in [6, 6.07) is 3.04. The summed E-state index contributed by atoms with van der Waals surface area (Å²) >= 11 is 0. The molecule has 0 fully saturated rings. The standard InChI is InChI=1S/C12H16F2NO/c1-9(2)6-11-5-4-10(7-15-11)12(13,14)8-16-3/h4-5,7H,6,8H2,1-3H3. The molecule has 0 atom stereocenters. The fourth-order valence-corrected chi connectivity index (χ4v) is 1.37. The van der Waals surface area contributed by atoms with Gasteiger partial charge in [-0.15, -0.1) is 0 Å². The van der Waals surface area contributed by atoms with Gasteiger partial charge in [0.15, 0.2) is 0 Å². The minimum atomic E-state index is -2.97. The van der Waals surface area contributed by atoms with E-state index in [1.54, 1.807) is 6.07 Å². The molecule has 0 amide bonds. The van der Waals surface area contributed by atoms with Gasteiger partial charge in [0.25, 0.3) is 5.92 Å². The molecule has 1 radical (unpaired) electrons. The minimum Gasteiger partial charge on any atom is -0.378 e. The molecule has 2 nitrogen and oxygen atoms in total. The molecule has 0 spiro atoms. The number of pyridine rings is 1. The maximum atomic E-state index is 13.4. The molecule has 1 aromatic heterocycles. The normalized spacial score (nSPS) is 12.1. The van der Waals surface area contributed by atoms with Gasteiger partial charge in [-0.2, -0.15) is 8.78 Å². The van der Waals surface area contributed by atoms with E-state index in [1.165, 1.54) is 25.3 Å². The summed E-state index contributed by atoms with van der Waals surface area (Å²) in [5.74, 6) is -1.77. The van der Waals surface area contributed by atoms with Crippen molar-refractivity contribution in [3.05, 3.63) is 35.5 Å². The number of ether oxygens (including phenoxy) is 1. The summed E-state index contributed by atoms with van der Waals surface area (Å²) in [6.07, 6.45) is 1.94. The Hall–Kier alpha value is -1.03. The van der Waals surface area contributed by atoms with Crippen LogP contribution in [0.15, 0.2) is 18.3 Å². The second kappa shape index (κ2) is 5.34. The number of nitrogens with zero attached hydrogens (tertiary/aromatic N) is 1. The van der Waals surface area contributed by atoms with Crippen molar-refractivity contribution in [3.8, 4) is 0 Å². The molecule has 0 unspecified atom stereocenters. The number of halogens is 2. The van der Waals surface area contributed by atoms with Crippen molar-refractivity contribution >= 4 is 0 Å². The third-order valence-electron chi connectivity index (χ3n) is 2.11. The van der Waals surface area contributed by atoms with Crippen LogP contribution >= 0.6 is 0 Å². The third kappa shape index (κ3) is 3.52. The zero-order chi connectivity index (χ0) is 12.2. The molecule has 16 heavy (non-hydrogen) atoms. The zero-order valence-electron chi connectivity index (χ0n) is 9.76. The number of methoxy groups -OCH3 is 1. The van der Waals surface area contributed by atoms with Crippen LogP contribution in [0.1, 0.15) is 25.1 Å². The molecule has 0 bridgehead atoms. The Balaban J connectivity index is 2.78. The van der Waals surface area contributed by atoms with Gasteiger partial charge in [-0.05, 0) is 24.5 Å². The molecule has 0 aliphatic heterocycles. The summed E-state index contributed by atoms with van der Waals surface area (Å²) in [4.78, 5) is 4.01. The Labute approximate surface area is 94.7 Å². The number of hydrogen-bond acceptors (Lipinski definition) is 2. The molecule has 89 valence electrons. The first-order valence-corrected chi connectivity index (χ1v) is 5.07. The Kier molecular flexibility index (Phi) is 4.35. The zero-order valence-corrected chi connectivity index (χ0v) is 9.76. The number of rotatable bonds is 5. The van der Waals surface area contributed by atoms with Crippen molar-refractivity contribution in [1.82, 2.24) is 4.98 Å². The Morgan fingerprint density at radius 3 is 2.50 bits per heavy atom. The van der Waals surface area contributed by atoms with Gasteiger partial charge < -0.3 is 4.74 Å². The van der Waals surface area contributed by atoms with Crippen LogP contribution in [0, 0.1) is 5.92 Å². The highest BCUT2D eigenvalue weighted by atomic mass is 19.3. The van der Waals surface area contributed by atoms with Gasteiger partial charge in [0.05, 0.1) is 0 Å². The van der Waals surface area contributed by atoms with Crippen molar-refractivity contribution in [2.45, 2.75) is 26.2 Å². The predicted molar refractivity (Wildman–Crippen MR) is 58.3 cm³/mol. The molecular formula is C12H16F2NO. The highest BCUT2D eigenvalue weighted by molar-refractivity contribution is 5.20. The van der Waals surface area contributed by atoms with Crippen LogP contribution in [0.4, 0.5) is 8.78 Å². The second-order valence-corrected chi connectivity index (χ2v) is 4.06. The average molecular weight is 228 g/mol. The smallest absolute Gasteiger partial charge is 0.297 e. The van der Waals surface area contributed by atoms with Gasteiger partial charge in [-0.1, -0.05) is 13.8 Å². The fourth-order valence-electron chi connectivity index (χ4n) is 1.37. The van der Waals surface area contributed by atoms with Gasteiger partial charge in [0.1, 0.15) is 6.61 Å². The van der Waals surface area contributed by atoms with Crippen LogP contribution < -0.4 is 0 Å². The molecule has 0 saturated heterocycles. The molecular weight excluding hydrogens is 212 g/mol. The van der Waals surface area contributed by atoms with Crippen molar-refractivity contribution in [2.24, 2.45) is 0 Å². The van der Waals surface area contributed by atoms with Gasteiger partial charge >= 0.3 is 0 Å². The SMILES string of the molecule is COCC(F)(F)c1ccc(C[C](C)C)nc1. The van der Waals surface area contributed by atoms with Crippen LogP contribution in [-0.2, 0) is 17.1 Å². The van der Waals surface area contributed by atoms with Crippen LogP contribution in [0.25, 0.3) is 0 Å². The van der Waals surface area contributed by atoms with E-state index in [-0.39, 0.29) is 5.56 Å². The molecule has 0 aliphatic carbocycles. The third-order valence-corrected chi connectivity index (χ3v) is 2.11. The summed E-state index contributed by atoms with van der Waals surface area (Å²) < 4.78 is 31.2. The lowest BCUT2D eigenvalue weighted by atomic mass is 10.1. The van der Waals surface area contributed by atoms with Crippen molar-refractivity contribution in [1.29, 1.82) is 0 Å². The topological polar surface area (TPSA) is 22.1 Å². The molecule has 1 rings (SSSR count). The predicted octanol–water partition coefficient (Wildman–Crippen LogP) is 2.98. The minimum absolute atomic E-state index is 0.105. The molecule has 1 aromatic rings. The van der Waals surface area contributed by atoms with Crippen LogP contribution in [-0.4, -0.2) is 18.7 Å². The first-order chi connectivity index (χ1) is 7.45. The Bertz CT molecular complexity index is 322. The summed E-state index contributed by atoms with van der Waals surface area (Å²) in [5, 5.41) is 0. The molecule has 0 aromatic carbocycles. The average Bonchev–Trinajstić information content (AvgIpc) is 2.17. The van der Waals surface area contributed by atoms with E-state index >= 15 is 0 Å². The van der Waals surface area contributed by atoms with Crippen molar-refractivity contribution in [2.75, 3.05) is 13.7 Å². The molecule has 0 aliphatic rings. The van der Waals surface area contributed by atoms with Gasteiger partial charge in [-0.25, -0.2) is 0 Å². The first kappa shape index (κ1) is 13.0. The molecule has 4 heteroatoms. The summed E-state index contributed by atoms with van der Waals surface area (Å²) in [5.41, 5.74) is 0.698. The summed E-state index contributed by atoms with van der Waals surface area (Å²) in [7, 11) is 1.26. The Morgan fingerprint density at radius 2 is 2.06 bits per heavy atom. The lowest BCUT2D eigenvalue weighted by molar-refractivity contribution is -0.0700. The van der Waals surface area contributed by atoms with E-state index < -0.39 is 12.5 Å². The van der Waals surface area contributed by atoms with Gasteiger partial charge in [0.2, 0.25) is 0 Å². The summed E-state index contributed by atoms with van der Waals surface area (Å²) in [6.45, 7) is 3.34. The van der Waals surface area contributed by atoms with Crippen molar-refractivity contribution < 1.29 is 13.5 Å². The monoisotopic (exact) mass is 228 g/mol. The largest absolute Gasteiger partial charge is 0.378 e. The maximum absolute atomic E-state index is 13.4. The maximum Gasteiger partial charge on any atom is 0.297 e. The van der Waals surface area contributed by atoms with E-state index in [0.717, 1.165) is 12.1 Å². The Morgan fingerprint density at radius 1 is 1.38 bits per heavy atom. The van der Waals surface area contributed by atoms with Gasteiger partial charge in [-0.3, -0.25) is 4.98 Å². The highest BCUT2D eigenvalue weighted by Gasteiger charge is 2.31. The first-order valence-electron chi connectivity index (χ1n) is 5.07.